The van der Waals surface area contributed by atoms with Crippen LogP contribution in [0.3, 0.4) is 0 Å². The molecule has 0 fully saturated rings. The molecule has 0 saturated carbocycles. The summed E-state index contributed by atoms with van der Waals surface area (Å²) in [6.45, 7) is 8.79. The van der Waals surface area contributed by atoms with E-state index in [1.165, 1.54) is 22.2 Å². The van der Waals surface area contributed by atoms with Crippen molar-refractivity contribution in [2.75, 3.05) is 38.1 Å². The first-order chi connectivity index (χ1) is 13.2. The highest BCUT2D eigenvalue weighted by Crippen LogP contribution is 2.20. The lowest BCUT2D eigenvalue weighted by atomic mass is 10.1. The van der Waals surface area contributed by atoms with Gasteiger partial charge in [-0.05, 0) is 48.5 Å². The number of nitrogens with zero attached hydrogens (tertiary/aromatic N) is 3. The van der Waals surface area contributed by atoms with Gasteiger partial charge in [-0.25, -0.2) is 0 Å². The molecule has 140 valence electrons. The largest absolute Gasteiger partial charge is 0.373 e. The summed E-state index contributed by atoms with van der Waals surface area (Å²) in [6, 6.07) is 19.1. The molecule has 0 aliphatic heterocycles. The molecule has 27 heavy (non-hydrogen) atoms. The lowest BCUT2D eigenvalue weighted by molar-refractivity contribution is 0.311. The van der Waals surface area contributed by atoms with Gasteiger partial charge < -0.3 is 9.80 Å². The van der Waals surface area contributed by atoms with Crippen LogP contribution in [0.25, 0.3) is 23.1 Å². The Kier molecular flexibility index (Phi) is 6.61. The first-order valence-corrected chi connectivity index (χ1v) is 9.76. The number of aromatic nitrogens is 1. The standard InChI is InChI=1S/C24H29N3/c1-4-27(5-2)19-18-26(3)22-14-11-20(12-15-22)10-13-21-16-17-25-24-9-7-6-8-23(21)24/h6-17H,4-5,18-19H2,1-3H3/b13-10-. The number of fused-ring (bicyclic) bond motifs is 1. The zero-order valence-electron chi connectivity index (χ0n) is 16.6. The van der Waals surface area contributed by atoms with Gasteiger partial charge in [0.05, 0.1) is 5.52 Å². The van der Waals surface area contributed by atoms with E-state index in [1.54, 1.807) is 0 Å². The van der Waals surface area contributed by atoms with E-state index in [4.69, 9.17) is 0 Å². The highest BCUT2D eigenvalue weighted by atomic mass is 15.2. The van der Waals surface area contributed by atoms with Gasteiger partial charge in [0.1, 0.15) is 0 Å². The van der Waals surface area contributed by atoms with Crippen molar-refractivity contribution in [2.45, 2.75) is 13.8 Å². The smallest absolute Gasteiger partial charge is 0.0707 e. The van der Waals surface area contributed by atoms with E-state index >= 15 is 0 Å². The van der Waals surface area contributed by atoms with Gasteiger partial charge in [0.2, 0.25) is 0 Å². The molecule has 0 unspecified atom stereocenters. The van der Waals surface area contributed by atoms with Gasteiger partial charge in [0, 0.05) is 37.4 Å². The Bertz CT molecular complexity index is 874. The zero-order chi connectivity index (χ0) is 19.1. The van der Waals surface area contributed by atoms with Crippen LogP contribution in [-0.4, -0.2) is 43.1 Å². The average Bonchev–Trinajstić information content (AvgIpc) is 2.73. The first-order valence-electron chi connectivity index (χ1n) is 9.76. The summed E-state index contributed by atoms with van der Waals surface area (Å²) in [6.07, 6.45) is 6.21. The summed E-state index contributed by atoms with van der Waals surface area (Å²) >= 11 is 0. The molecule has 0 atom stereocenters. The summed E-state index contributed by atoms with van der Waals surface area (Å²) in [4.78, 5) is 9.20. The second-order valence-corrected chi connectivity index (χ2v) is 6.79. The molecule has 0 aliphatic carbocycles. The van der Waals surface area contributed by atoms with Crippen molar-refractivity contribution in [1.82, 2.24) is 9.88 Å². The van der Waals surface area contributed by atoms with Crippen LogP contribution in [0, 0.1) is 0 Å². The number of para-hydroxylation sites is 1. The second-order valence-electron chi connectivity index (χ2n) is 6.79. The molecule has 0 N–H and O–H groups in total. The third kappa shape index (κ3) is 4.95. The third-order valence-electron chi connectivity index (χ3n) is 5.12. The van der Waals surface area contributed by atoms with Crippen molar-refractivity contribution in [3.8, 4) is 0 Å². The van der Waals surface area contributed by atoms with Crippen molar-refractivity contribution in [3.05, 3.63) is 71.9 Å². The molecular formula is C24H29N3. The predicted molar refractivity (Wildman–Crippen MR) is 118 cm³/mol. The molecule has 3 rings (SSSR count). The molecule has 0 saturated heterocycles. The van der Waals surface area contributed by atoms with E-state index in [9.17, 15) is 0 Å². The van der Waals surface area contributed by atoms with E-state index in [1.807, 2.05) is 12.3 Å². The van der Waals surface area contributed by atoms with E-state index in [0.29, 0.717) is 0 Å². The fourth-order valence-electron chi connectivity index (χ4n) is 3.25. The van der Waals surface area contributed by atoms with E-state index in [2.05, 4.69) is 96.4 Å². The van der Waals surface area contributed by atoms with Gasteiger partial charge in [0.25, 0.3) is 0 Å². The molecule has 0 radical (unpaired) electrons. The monoisotopic (exact) mass is 359 g/mol. The molecule has 0 spiro atoms. The highest BCUT2D eigenvalue weighted by molar-refractivity contribution is 5.90. The van der Waals surface area contributed by atoms with Crippen LogP contribution < -0.4 is 4.90 Å². The van der Waals surface area contributed by atoms with Crippen LogP contribution in [0.1, 0.15) is 25.0 Å². The molecule has 3 heteroatoms. The van der Waals surface area contributed by atoms with Gasteiger partial charge in [-0.15, -0.1) is 0 Å². The van der Waals surface area contributed by atoms with Crippen molar-refractivity contribution < 1.29 is 0 Å². The highest BCUT2D eigenvalue weighted by Gasteiger charge is 2.04. The quantitative estimate of drug-likeness (QED) is 0.552. The van der Waals surface area contributed by atoms with Crippen molar-refractivity contribution in [1.29, 1.82) is 0 Å². The number of rotatable bonds is 8. The van der Waals surface area contributed by atoms with Crippen LogP contribution >= 0.6 is 0 Å². The summed E-state index contributed by atoms with van der Waals surface area (Å²) < 4.78 is 0. The van der Waals surface area contributed by atoms with Gasteiger partial charge in [-0.2, -0.15) is 0 Å². The minimum atomic E-state index is 1.03. The SMILES string of the molecule is CCN(CC)CCN(C)c1ccc(/C=C\c2ccnc3ccccc23)cc1. The maximum absolute atomic E-state index is 4.43. The first kappa shape index (κ1) is 19.1. The average molecular weight is 360 g/mol. The fraction of sp³-hybridized carbons (Fsp3) is 0.292. The van der Waals surface area contributed by atoms with Crippen molar-refractivity contribution in [3.63, 3.8) is 0 Å². The molecule has 0 bridgehead atoms. The molecule has 1 aromatic heterocycles. The Labute approximate surface area is 163 Å². The summed E-state index contributed by atoms with van der Waals surface area (Å²) in [5.74, 6) is 0. The third-order valence-corrected chi connectivity index (χ3v) is 5.12. The lowest BCUT2D eigenvalue weighted by Gasteiger charge is -2.24. The maximum Gasteiger partial charge on any atom is 0.0707 e. The van der Waals surface area contributed by atoms with Gasteiger partial charge >= 0.3 is 0 Å². The topological polar surface area (TPSA) is 19.4 Å². The molecular weight excluding hydrogens is 330 g/mol. The second kappa shape index (κ2) is 9.33. The maximum atomic E-state index is 4.43. The molecule has 0 amide bonds. The summed E-state index contributed by atoms with van der Waals surface area (Å²) in [5, 5.41) is 1.18. The van der Waals surface area contributed by atoms with E-state index < -0.39 is 0 Å². The molecule has 0 aliphatic rings. The van der Waals surface area contributed by atoms with Gasteiger partial charge in [-0.1, -0.05) is 56.3 Å². The number of hydrogen-bond acceptors (Lipinski definition) is 3. The van der Waals surface area contributed by atoms with Gasteiger partial charge in [0.15, 0.2) is 0 Å². The normalized spacial score (nSPS) is 11.6. The lowest BCUT2D eigenvalue weighted by Crippen LogP contribution is -2.33. The molecule has 1 heterocycles. The summed E-state index contributed by atoms with van der Waals surface area (Å²) in [5.41, 5.74) is 4.69. The minimum absolute atomic E-state index is 1.03. The predicted octanol–water partition coefficient (Wildman–Crippen LogP) is 5.18. The van der Waals surface area contributed by atoms with Crippen LogP contribution in [0.5, 0.6) is 0 Å². The Morgan fingerprint density at radius 1 is 0.852 bits per heavy atom. The van der Waals surface area contributed by atoms with Crippen molar-refractivity contribution in [2.24, 2.45) is 0 Å². The van der Waals surface area contributed by atoms with E-state index in [0.717, 1.165) is 31.7 Å². The minimum Gasteiger partial charge on any atom is -0.373 e. The summed E-state index contributed by atoms with van der Waals surface area (Å²) in [7, 11) is 2.16. The Hall–Kier alpha value is -2.65. The molecule has 3 aromatic rings. The number of hydrogen-bond donors (Lipinski definition) is 0. The Morgan fingerprint density at radius 3 is 2.33 bits per heavy atom. The van der Waals surface area contributed by atoms with Crippen LogP contribution in [0.15, 0.2) is 60.8 Å². The Morgan fingerprint density at radius 2 is 1.59 bits per heavy atom. The van der Waals surface area contributed by atoms with Gasteiger partial charge in [-0.3, -0.25) is 4.98 Å². The fourth-order valence-corrected chi connectivity index (χ4v) is 3.25. The molecule has 3 nitrogen and oxygen atoms in total. The zero-order valence-corrected chi connectivity index (χ0v) is 16.6. The van der Waals surface area contributed by atoms with E-state index in [-0.39, 0.29) is 0 Å². The van der Waals surface area contributed by atoms with Crippen LogP contribution in [-0.2, 0) is 0 Å². The Balaban J connectivity index is 1.67. The number of benzene rings is 2. The molecule has 2 aromatic carbocycles. The number of anilines is 1. The van der Waals surface area contributed by atoms with Crippen LogP contribution in [0.2, 0.25) is 0 Å². The number of pyridine rings is 1. The number of likely N-dealkylation sites (N-methyl/N-ethyl adjacent to an activating group) is 2. The van der Waals surface area contributed by atoms with Crippen LogP contribution in [0.4, 0.5) is 5.69 Å². The van der Waals surface area contributed by atoms with Crippen molar-refractivity contribution >= 4 is 28.7 Å².